The number of fused-ring (bicyclic) bond motifs is 1. The molecule has 0 aromatic heterocycles. The molecular formula is C17H31N3O. The number of rotatable bonds is 3. The summed E-state index contributed by atoms with van der Waals surface area (Å²) in [5.74, 6) is 1.21. The summed E-state index contributed by atoms with van der Waals surface area (Å²) in [5, 5.41) is 3.68. The van der Waals surface area contributed by atoms with E-state index in [4.69, 9.17) is 0 Å². The first kappa shape index (κ1) is 15.3. The molecule has 0 bridgehead atoms. The molecule has 3 atom stereocenters. The van der Waals surface area contributed by atoms with Gasteiger partial charge in [0.1, 0.15) is 0 Å². The molecule has 0 aromatic rings. The Bertz CT molecular complexity index is 352. The van der Waals surface area contributed by atoms with E-state index in [1.807, 2.05) is 0 Å². The molecular weight excluding hydrogens is 262 g/mol. The Kier molecular flexibility index (Phi) is 5.17. The lowest BCUT2D eigenvalue weighted by molar-refractivity contribution is -0.136. The van der Waals surface area contributed by atoms with Gasteiger partial charge >= 0.3 is 0 Å². The molecule has 0 spiro atoms. The van der Waals surface area contributed by atoms with Gasteiger partial charge in [-0.05, 0) is 44.6 Å². The molecule has 2 saturated heterocycles. The highest BCUT2D eigenvalue weighted by Gasteiger charge is 2.36. The third-order valence-electron chi connectivity index (χ3n) is 5.67. The van der Waals surface area contributed by atoms with E-state index in [0.29, 0.717) is 11.9 Å². The number of piperazine rings is 1. The van der Waals surface area contributed by atoms with Crippen LogP contribution in [0.15, 0.2) is 0 Å². The highest BCUT2D eigenvalue weighted by Crippen LogP contribution is 2.32. The molecule has 1 amide bonds. The Balaban J connectivity index is 1.49. The topological polar surface area (TPSA) is 35.6 Å². The fourth-order valence-corrected chi connectivity index (χ4v) is 4.42. The summed E-state index contributed by atoms with van der Waals surface area (Å²) in [4.78, 5) is 17.3. The quantitative estimate of drug-likeness (QED) is 0.862. The maximum absolute atomic E-state index is 12.7. The third-order valence-corrected chi connectivity index (χ3v) is 5.67. The van der Waals surface area contributed by atoms with E-state index < -0.39 is 0 Å². The van der Waals surface area contributed by atoms with Crippen molar-refractivity contribution >= 4 is 5.91 Å². The summed E-state index contributed by atoms with van der Waals surface area (Å²) >= 11 is 0. The fourth-order valence-electron chi connectivity index (χ4n) is 4.42. The number of nitrogens with one attached hydrogen (secondary N) is 1. The second kappa shape index (κ2) is 7.10. The van der Waals surface area contributed by atoms with Crippen molar-refractivity contribution in [3.05, 3.63) is 0 Å². The van der Waals surface area contributed by atoms with Crippen molar-refractivity contribution < 1.29 is 4.79 Å². The van der Waals surface area contributed by atoms with Gasteiger partial charge in [-0.3, -0.25) is 9.69 Å². The number of hydrogen-bond acceptors (Lipinski definition) is 3. The van der Waals surface area contributed by atoms with Gasteiger partial charge in [0.25, 0.3) is 0 Å². The molecule has 21 heavy (non-hydrogen) atoms. The number of carbonyl (C=O) groups excluding carboxylic acids is 1. The first-order valence-corrected chi connectivity index (χ1v) is 9.05. The van der Waals surface area contributed by atoms with Gasteiger partial charge in [-0.15, -0.1) is 0 Å². The van der Waals surface area contributed by atoms with Crippen LogP contribution in [0.4, 0.5) is 0 Å². The zero-order valence-electron chi connectivity index (χ0n) is 13.5. The summed E-state index contributed by atoms with van der Waals surface area (Å²) < 4.78 is 0. The summed E-state index contributed by atoms with van der Waals surface area (Å²) in [6.07, 6.45) is 8.89. The van der Waals surface area contributed by atoms with Gasteiger partial charge < -0.3 is 10.2 Å². The summed E-state index contributed by atoms with van der Waals surface area (Å²) in [6.45, 7) is 7.35. The van der Waals surface area contributed by atoms with Crippen molar-refractivity contribution in [1.29, 1.82) is 0 Å². The van der Waals surface area contributed by atoms with Crippen LogP contribution in [0.25, 0.3) is 0 Å². The average Bonchev–Trinajstić information content (AvgIpc) is 2.55. The first-order chi connectivity index (χ1) is 10.3. The summed E-state index contributed by atoms with van der Waals surface area (Å²) in [6, 6.07) is 0.713. The van der Waals surface area contributed by atoms with Gasteiger partial charge in [-0.2, -0.15) is 0 Å². The van der Waals surface area contributed by atoms with Crippen molar-refractivity contribution in [2.24, 2.45) is 5.92 Å². The largest absolute Gasteiger partial charge is 0.339 e. The van der Waals surface area contributed by atoms with Gasteiger partial charge in [0.05, 0.1) is 6.04 Å². The lowest BCUT2D eigenvalue weighted by atomic mass is 9.77. The van der Waals surface area contributed by atoms with Crippen molar-refractivity contribution in [3.63, 3.8) is 0 Å². The Morgan fingerprint density at radius 1 is 1.05 bits per heavy atom. The lowest BCUT2D eigenvalue weighted by Crippen LogP contribution is -2.58. The van der Waals surface area contributed by atoms with E-state index in [1.54, 1.807) is 0 Å². The number of carbonyl (C=O) groups is 1. The second-order valence-corrected chi connectivity index (χ2v) is 7.11. The zero-order valence-corrected chi connectivity index (χ0v) is 13.5. The Labute approximate surface area is 129 Å². The van der Waals surface area contributed by atoms with E-state index in [-0.39, 0.29) is 6.04 Å². The minimum atomic E-state index is 0.0991. The maximum Gasteiger partial charge on any atom is 0.239 e. The lowest BCUT2D eigenvalue weighted by Gasteiger charge is -2.42. The van der Waals surface area contributed by atoms with Crippen LogP contribution >= 0.6 is 0 Å². The Morgan fingerprint density at radius 2 is 1.81 bits per heavy atom. The molecule has 4 nitrogen and oxygen atoms in total. The highest BCUT2D eigenvalue weighted by molar-refractivity contribution is 5.82. The standard InChI is InChI=1S/C17H31N3O/c1-2-9-19-10-12-20(13-11-19)17(21)16-8-7-14-5-3-4-6-15(14)18-16/h14-16,18H,2-13H2,1H3. The fraction of sp³-hybridized carbons (Fsp3) is 0.941. The third kappa shape index (κ3) is 3.59. The Hall–Kier alpha value is -0.610. The molecule has 120 valence electrons. The second-order valence-electron chi connectivity index (χ2n) is 7.11. The molecule has 1 aliphatic carbocycles. The highest BCUT2D eigenvalue weighted by atomic mass is 16.2. The number of hydrogen-bond donors (Lipinski definition) is 1. The molecule has 2 aliphatic heterocycles. The molecule has 3 fully saturated rings. The van der Waals surface area contributed by atoms with Crippen LogP contribution in [0.5, 0.6) is 0 Å². The van der Waals surface area contributed by atoms with Crippen LogP contribution in [0, 0.1) is 5.92 Å². The van der Waals surface area contributed by atoms with Crippen LogP contribution in [-0.4, -0.2) is 60.5 Å². The molecule has 4 heteroatoms. The average molecular weight is 293 g/mol. The van der Waals surface area contributed by atoms with Crippen LogP contribution in [0.2, 0.25) is 0 Å². The van der Waals surface area contributed by atoms with E-state index in [1.165, 1.54) is 45.1 Å². The van der Waals surface area contributed by atoms with Gasteiger partial charge in [0.15, 0.2) is 0 Å². The van der Waals surface area contributed by atoms with Crippen molar-refractivity contribution in [3.8, 4) is 0 Å². The molecule has 1 N–H and O–H groups in total. The van der Waals surface area contributed by atoms with Crippen LogP contribution < -0.4 is 5.32 Å². The molecule has 3 unspecified atom stereocenters. The number of nitrogens with zero attached hydrogens (tertiary/aromatic N) is 2. The Morgan fingerprint density at radius 3 is 2.57 bits per heavy atom. The first-order valence-electron chi connectivity index (χ1n) is 9.05. The summed E-state index contributed by atoms with van der Waals surface area (Å²) in [5.41, 5.74) is 0. The predicted molar refractivity (Wildman–Crippen MR) is 85.2 cm³/mol. The SMILES string of the molecule is CCCN1CCN(C(=O)C2CCC3CCCCC3N2)CC1. The van der Waals surface area contributed by atoms with Crippen LogP contribution in [0.3, 0.4) is 0 Å². The molecule has 3 aliphatic rings. The molecule has 0 aromatic carbocycles. The maximum atomic E-state index is 12.7. The number of amides is 1. The molecule has 2 heterocycles. The van der Waals surface area contributed by atoms with Crippen LogP contribution in [-0.2, 0) is 4.79 Å². The van der Waals surface area contributed by atoms with E-state index in [2.05, 4.69) is 22.0 Å². The zero-order chi connectivity index (χ0) is 14.7. The molecule has 1 saturated carbocycles. The monoisotopic (exact) mass is 293 g/mol. The predicted octanol–water partition coefficient (Wildman–Crippen LogP) is 1.85. The molecule has 3 rings (SSSR count). The summed E-state index contributed by atoms with van der Waals surface area (Å²) in [7, 11) is 0. The van der Waals surface area contributed by atoms with E-state index in [9.17, 15) is 4.79 Å². The van der Waals surface area contributed by atoms with Gasteiger partial charge in [0, 0.05) is 32.2 Å². The minimum absolute atomic E-state index is 0.0991. The minimum Gasteiger partial charge on any atom is -0.339 e. The van der Waals surface area contributed by atoms with E-state index in [0.717, 1.165) is 38.5 Å². The van der Waals surface area contributed by atoms with Gasteiger partial charge in [0.2, 0.25) is 5.91 Å². The van der Waals surface area contributed by atoms with Crippen molar-refractivity contribution in [1.82, 2.24) is 15.1 Å². The van der Waals surface area contributed by atoms with Crippen molar-refractivity contribution in [2.75, 3.05) is 32.7 Å². The smallest absolute Gasteiger partial charge is 0.239 e. The van der Waals surface area contributed by atoms with Gasteiger partial charge in [-0.25, -0.2) is 0 Å². The van der Waals surface area contributed by atoms with Crippen LogP contribution in [0.1, 0.15) is 51.9 Å². The normalized spacial score (nSPS) is 34.5. The van der Waals surface area contributed by atoms with Crippen molar-refractivity contribution in [2.45, 2.75) is 64.0 Å². The number of piperidine rings is 1. The van der Waals surface area contributed by atoms with E-state index >= 15 is 0 Å². The molecule has 0 radical (unpaired) electrons. The van der Waals surface area contributed by atoms with Gasteiger partial charge in [-0.1, -0.05) is 19.8 Å².